The fourth-order valence-electron chi connectivity index (χ4n) is 2.59. The fourth-order valence-corrected chi connectivity index (χ4v) is 3.54. The van der Waals surface area contributed by atoms with Crippen LogP contribution in [-0.2, 0) is 25.5 Å². The number of halogens is 2. The fraction of sp³-hybridized carbons (Fsp3) is 0.300. The minimum atomic E-state index is -2.23. The van der Waals surface area contributed by atoms with Crippen molar-refractivity contribution in [3.8, 4) is 0 Å². The molecular weight excluding hydrogens is 358 g/mol. The lowest BCUT2D eigenvalue weighted by atomic mass is 9.92. The van der Waals surface area contributed by atoms with Gasteiger partial charge in [-0.2, -0.15) is 0 Å². The summed E-state index contributed by atoms with van der Waals surface area (Å²) in [7, 11) is -2.23. The van der Waals surface area contributed by atoms with Crippen molar-refractivity contribution in [3.63, 3.8) is 0 Å². The van der Waals surface area contributed by atoms with E-state index in [-0.39, 0.29) is 18.6 Å². The molecule has 2 unspecified atom stereocenters. The summed E-state index contributed by atoms with van der Waals surface area (Å²) in [5.41, 5.74) is 0.858. The topological polar surface area (TPSA) is 43.4 Å². The summed E-state index contributed by atoms with van der Waals surface area (Å²) in [4.78, 5) is 13.0. The first-order chi connectivity index (χ1) is 12.3. The summed E-state index contributed by atoms with van der Waals surface area (Å²) in [5.74, 6) is -2.59. The number of hydrogen-bond acceptors (Lipinski definition) is 3. The minimum Gasteiger partial charge on any atom is -0.466 e. The van der Waals surface area contributed by atoms with Crippen LogP contribution in [0.1, 0.15) is 30.9 Å². The van der Waals surface area contributed by atoms with Gasteiger partial charge in [0.05, 0.1) is 12.5 Å². The molecule has 0 aromatic heterocycles. The number of hydrogen-bond donors (Lipinski definition) is 0. The lowest BCUT2D eigenvalue weighted by Crippen LogP contribution is -2.19. The maximum Gasteiger partial charge on any atom is 0.313 e. The van der Waals surface area contributed by atoms with Crippen molar-refractivity contribution < 1.29 is 22.5 Å². The van der Waals surface area contributed by atoms with Crippen molar-refractivity contribution in [2.24, 2.45) is 0 Å². The molecule has 3 nitrogen and oxygen atoms in total. The first-order valence-electron chi connectivity index (χ1n) is 8.27. The van der Waals surface area contributed by atoms with E-state index in [0.29, 0.717) is 10.5 Å². The number of esters is 1. The van der Waals surface area contributed by atoms with Gasteiger partial charge in [-0.1, -0.05) is 18.2 Å². The van der Waals surface area contributed by atoms with Gasteiger partial charge in [-0.05, 0) is 64.5 Å². The summed E-state index contributed by atoms with van der Waals surface area (Å²) in [6, 6.07) is 10.1. The molecule has 0 radical (unpaired) electrons. The van der Waals surface area contributed by atoms with Gasteiger partial charge in [0.1, 0.15) is 11.6 Å². The summed E-state index contributed by atoms with van der Waals surface area (Å²) < 4.78 is 44.6. The number of carbonyl (C=O) groups excluding carboxylic acids is 1. The van der Waals surface area contributed by atoms with Gasteiger partial charge in [-0.3, -0.25) is 9.00 Å². The van der Waals surface area contributed by atoms with Crippen LogP contribution in [0.4, 0.5) is 8.78 Å². The number of ether oxygens (including phenoxy) is 1. The molecule has 0 aliphatic carbocycles. The van der Waals surface area contributed by atoms with Crippen LogP contribution in [0.3, 0.4) is 0 Å². The predicted molar refractivity (Wildman–Crippen MR) is 99.9 cm³/mol. The predicted octanol–water partition coefficient (Wildman–Crippen LogP) is 3.95. The van der Waals surface area contributed by atoms with Crippen molar-refractivity contribution in [1.82, 2.24) is 0 Å². The third-order valence-electron chi connectivity index (χ3n) is 4.21. The molecule has 0 N–H and O–H groups in total. The van der Waals surface area contributed by atoms with E-state index < -0.39 is 33.0 Å². The van der Waals surface area contributed by atoms with Crippen LogP contribution in [0.5, 0.6) is 0 Å². The van der Waals surface area contributed by atoms with Crippen LogP contribution >= 0.6 is 0 Å². The lowest BCUT2D eigenvalue weighted by Gasteiger charge is -2.17. The molecule has 2 aromatic carbocycles. The number of carbonyl (C=O) groups is 1. The molecule has 0 bridgehead atoms. The van der Waals surface area contributed by atoms with Gasteiger partial charge in [-0.25, -0.2) is 8.78 Å². The second-order valence-electron chi connectivity index (χ2n) is 5.95. The van der Waals surface area contributed by atoms with Crippen LogP contribution in [0.2, 0.25) is 0 Å². The normalized spacial score (nSPS) is 14.3. The summed E-state index contributed by atoms with van der Waals surface area (Å²) >= 11 is 0. The average molecular weight is 380 g/mol. The SMILES string of the molecule is CC=S(C)(=O)c1ccc(C(Cc2ccc(F)cc2F)C(=O)OCC)cc1. The Balaban J connectivity index is 2.39. The quantitative estimate of drug-likeness (QED) is 0.563. The first-order valence-corrected chi connectivity index (χ1v) is 10.3. The molecule has 2 aromatic rings. The molecule has 0 aliphatic heterocycles. The zero-order chi connectivity index (χ0) is 19.3. The van der Waals surface area contributed by atoms with Crippen LogP contribution in [0, 0.1) is 11.6 Å². The monoisotopic (exact) mass is 380 g/mol. The Morgan fingerprint density at radius 3 is 2.38 bits per heavy atom. The van der Waals surface area contributed by atoms with Crippen LogP contribution in [0.15, 0.2) is 47.4 Å². The zero-order valence-corrected chi connectivity index (χ0v) is 15.8. The molecule has 0 heterocycles. The second kappa shape index (κ2) is 8.45. The Morgan fingerprint density at radius 1 is 1.19 bits per heavy atom. The Morgan fingerprint density at radius 2 is 1.85 bits per heavy atom. The van der Waals surface area contributed by atoms with E-state index in [1.165, 1.54) is 6.07 Å². The van der Waals surface area contributed by atoms with E-state index in [1.54, 1.807) is 49.7 Å². The standard InChI is InChI=1S/C20H22F2O3S/c1-4-25-20(23)18(12-15-6-9-16(21)13-19(15)22)14-7-10-17(11-8-14)26(3,24)5-2/h5-11,13,18H,4,12H2,1-3H3. The number of benzene rings is 2. The molecule has 6 heteroatoms. The highest BCUT2D eigenvalue weighted by Gasteiger charge is 2.24. The van der Waals surface area contributed by atoms with E-state index >= 15 is 0 Å². The zero-order valence-electron chi connectivity index (χ0n) is 15.0. The molecule has 0 spiro atoms. The maximum absolute atomic E-state index is 14.0. The molecule has 2 atom stereocenters. The van der Waals surface area contributed by atoms with E-state index in [4.69, 9.17) is 4.74 Å². The van der Waals surface area contributed by atoms with Crippen molar-refractivity contribution in [1.29, 1.82) is 0 Å². The van der Waals surface area contributed by atoms with E-state index in [0.717, 1.165) is 12.1 Å². The van der Waals surface area contributed by atoms with Gasteiger partial charge in [0.25, 0.3) is 0 Å². The molecule has 0 saturated heterocycles. The van der Waals surface area contributed by atoms with Gasteiger partial charge in [0.2, 0.25) is 0 Å². The third kappa shape index (κ3) is 4.69. The smallest absolute Gasteiger partial charge is 0.313 e. The van der Waals surface area contributed by atoms with Crippen molar-refractivity contribution in [2.75, 3.05) is 12.9 Å². The van der Waals surface area contributed by atoms with Crippen LogP contribution < -0.4 is 0 Å². The van der Waals surface area contributed by atoms with Crippen molar-refractivity contribution in [2.45, 2.75) is 31.1 Å². The first kappa shape index (κ1) is 20.1. The summed E-state index contributed by atoms with van der Waals surface area (Å²) in [6.07, 6.45) is 1.68. The summed E-state index contributed by atoms with van der Waals surface area (Å²) in [6.45, 7) is 3.63. The van der Waals surface area contributed by atoms with E-state index in [2.05, 4.69) is 0 Å². The maximum atomic E-state index is 14.0. The van der Waals surface area contributed by atoms with Gasteiger partial charge in [-0.15, -0.1) is 0 Å². The van der Waals surface area contributed by atoms with Gasteiger partial charge in [0, 0.05) is 17.2 Å². The molecule has 0 aliphatic rings. The molecule has 2 rings (SSSR count). The Bertz CT molecular complexity index is 898. The highest BCUT2D eigenvalue weighted by Crippen LogP contribution is 2.26. The Labute approximate surface area is 153 Å². The van der Waals surface area contributed by atoms with Gasteiger partial charge < -0.3 is 4.74 Å². The van der Waals surface area contributed by atoms with E-state index in [1.807, 2.05) is 0 Å². The molecule has 0 fully saturated rings. The largest absolute Gasteiger partial charge is 0.466 e. The molecule has 0 saturated carbocycles. The third-order valence-corrected chi connectivity index (χ3v) is 6.32. The van der Waals surface area contributed by atoms with E-state index in [9.17, 15) is 17.8 Å². The van der Waals surface area contributed by atoms with Crippen LogP contribution in [-0.4, -0.2) is 28.4 Å². The molecule has 26 heavy (non-hydrogen) atoms. The number of rotatable bonds is 6. The molecule has 140 valence electrons. The summed E-state index contributed by atoms with van der Waals surface area (Å²) in [5, 5.41) is 1.64. The van der Waals surface area contributed by atoms with Crippen LogP contribution in [0.25, 0.3) is 0 Å². The molecule has 0 amide bonds. The average Bonchev–Trinajstić information content (AvgIpc) is 2.61. The van der Waals surface area contributed by atoms with Gasteiger partial charge >= 0.3 is 5.97 Å². The molecular formula is C20H22F2O3S. The van der Waals surface area contributed by atoms with Gasteiger partial charge in [0.15, 0.2) is 0 Å². The highest BCUT2D eigenvalue weighted by atomic mass is 32.2. The second-order valence-corrected chi connectivity index (χ2v) is 8.70. The minimum absolute atomic E-state index is 0.0473. The Kier molecular flexibility index (Phi) is 6.53. The lowest BCUT2D eigenvalue weighted by molar-refractivity contribution is -0.144. The highest BCUT2D eigenvalue weighted by molar-refractivity contribution is 8.00. The van der Waals surface area contributed by atoms with Crippen molar-refractivity contribution in [3.05, 3.63) is 65.2 Å². The van der Waals surface area contributed by atoms with Crippen molar-refractivity contribution >= 4 is 20.9 Å². The Hall–Kier alpha value is -2.21.